The summed E-state index contributed by atoms with van der Waals surface area (Å²) in [6.45, 7) is 8.23. The van der Waals surface area contributed by atoms with E-state index in [9.17, 15) is 4.39 Å². The first-order valence-electron chi connectivity index (χ1n) is 7.52. The van der Waals surface area contributed by atoms with Crippen LogP contribution in [0.2, 0.25) is 0 Å². The molecular formula is C18H19FN4. The smallest absolute Gasteiger partial charge is 0.183 e. The topological polar surface area (TPSA) is 42.0 Å². The Bertz CT molecular complexity index is 888. The highest BCUT2D eigenvalue weighted by atomic mass is 19.1. The molecule has 23 heavy (non-hydrogen) atoms. The van der Waals surface area contributed by atoms with Gasteiger partial charge >= 0.3 is 0 Å². The molecule has 1 aromatic carbocycles. The second-order valence-electron chi connectivity index (χ2n) is 6.57. The van der Waals surface area contributed by atoms with Gasteiger partial charge in [0.15, 0.2) is 11.6 Å². The van der Waals surface area contributed by atoms with Gasteiger partial charge in [-0.05, 0) is 30.7 Å². The summed E-state index contributed by atoms with van der Waals surface area (Å²) in [5.74, 6) is 0.248. The molecule has 2 heterocycles. The molecule has 0 saturated heterocycles. The Balaban J connectivity index is 2.20. The number of halogens is 1. The van der Waals surface area contributed by atoms with Crippen LogP contribution in [0.5, 0.6) is 0 Å². The number of aromatic nitrogens is 2. The molecule has 3 aromatic rings. The minimum atomic E-state index is -0.390. The summed E-state index contributed by atoms with van der Waals surface area (Å²) in [6.07, 6.45) is 1.90. The lowest BCUT2D eigenvalue weighted by Gasteiger charge is -2.15. The normalized spacial score (nSPS) is 12.4. The van der Waals surface area contributed by atoms with Crippen LogP contribution in [0.1, 0.15) is 32.0 Å². The lowest BCUT2D eigenvalue weighted by molar-refractivity contribution is 0.573. The van der Waals surface area contributed by atoms with Gasteiger partial charge in [-0.2, -0.15) is 0 Å². The Morgan fingerprint density at radius 1 is 1.04 bits per heavy atom. The molecule has 0 bridgehead atoms. The molecule has 0 fully saturated rings. The molecule has 118 valence electrons. The molecule has 2 aromatic heterocycles. The molecule has 0 N–H and O–H groups in total. The number of azo groups is 1. The van der Waals surface area contributed by atoms with Crippen LogP contribution in [-0.4, -0.2) is 9.38 Å². The van der Waals surface area contributed by atoms with Gasteiger partial charge in [0.2, 0.25) is 0 Å². The molecule has 0 aliphatic heterocycles. The Labute approximate surface area is 134 Å². The van der Waals surface area contributed by atoms with E-state index < -0.39 is 5.82 Å². The zero-order chi connectivity index (χ0) is 16.6. The Kier molecular flexibility index (Phi) is 3.72. The molecule has 3 rings (SSSR count). The lowest BCUT2D eigenvalue weighted by atomic mass is 9.92. The second kappa shape index (κ2) is 5.57. The maximum absolute atomic E-state index is 13.8. The Morgan fingerprint density at radius 2 is 1.78 bits per heavy atom. The highest BCUT2D eigenvalue weighted by Gasteiger charge is 2.24. The van der Waals surface area contributed by atoms with E-state index >= 15 is 0 Å². The third-order valence-corrected chi connectivity index (χ3v) is 3.64. The zero-order valence-corrected chi connectivity index (χ0v) is 13.7. The highest BCUT2D eigenvalue weighted by molar-refractivity contribution is 5.58. The van der Waals surface area contributed by atoms with E-state index in [0.717, 1.165) is 16.9 Å². The average Bonchev–Trinajstić information content (AvgIpc) is 2.87. The van der Waals surface area contributed by atoms with Crippen LogP contribution < -0.4 is 0 Å². The van der Waals surface area contributed by atoms with Crippen LogP contribution in [-0.2, 0) is 5.41 Å². The lowest BCUT2D eigenvalue weighted by Crippen LogP contribution is -2.11. The summed E-state index contributed by atoms with van der Waals surface area (Å²) in [5.41, 5.74) is 2.77. The van der Waals surface area contributed by atoms with Crippen molar-refractivity contribution in [1.29, 1.82) is 0 Å². The van der Waals surface area contributed by atoms with Gasteiger partial charge in [-0.15, -0.1) is 10.2 Å². The molecular weight excluding hydrogens is 291 g/mol. The summed E-state index contributed by atoms with van der Waals surface area (Å²) in [5, 5.41) is 8.41. The molecule has 0 saturated carbocycles. The van der Waals surface area contributed by atoms with Crippen LogP contribution in [0.15, 0.2) is 52.8 Å². The monoisotopic (exact) mass is 310 g/mol. The zero-order valence-electron chi connectivity index (χ0n) is 13.7. The van der Waals surface area contributed by atoms with Crippen molar-refractivity contribution in [1.82, 2.24) is 9.38 Å². The van der Waals surface area contributed by atoms with Crippen molar-refractivity contribution in [2.75, 3.05) is 0 Å². The minimum absolute atomic E-state index is 0.192. The molecule has 0 spiro atoms. The molecule has 4 nitrogen and oxygen atoms in total. The van der Waals surface area contributed by atoms with Crippen molar-refractivity contribution in [2.24, 2.45) is 10.2 Å². The van der Waals surface area contributed by atoms with E-state index in [1.54, 1.807) is 18.2 Å². The number of hydrogen-bond acceptors (Lipinski definition) is 3. The third-order valence-electron chi connectivity index (χ3n) is 3.64. The van der Waals surface area contributed by atoms with E-state index in [4.69, 9.17) is 4.98 Å². The number of fused-ring (bicyclic) bond motifs is 1. The summed E-state index contributed by atoms with van der Waals surface area (Å²) in [4.78, 5) is 4.73. The highest BCUT2D eigenvalue weighted by Crippen LogP contribution is 2.34. The largest absolute Gasteiger partial charge is 0.283 e. The number of nitrogens with zero attached hydrogens (tertiary/aromatic N) is 4. The fraction of sp³-hybridized carbons (Fsp3) is 0.278. The van der Waals surface area contributed by atoms with Crippen LogP contribution in [0.4, 0.5) is 15.9 Å². The standard InChI is InChI=1S/C18H19FN4/c1-12-8-7-11-23-16(12)20-15(18(2,3)4)17(23)22-21-14-10-6-5-9-13(14)19/h5-11H,1-4H3. The number of imidazole rings is 1. The van der Waals surface area contributed by atoms with Gasteiger partial charge < -0.3 is 0 Å². The Hall–Kier alpha value is -2.56. The van der Waals surface area contributed by atoms with Crippen LogP contribution >= 0.6 is 0 Å². The van der Waals surface area contributed by atoms with Crippen LogP contribution in [0.3, 0.4) is 0 Å². The molecule has 0 radical (unpaired) electrons. The summed E-state index contributed by atoms with van der Waals surface area (Å²) in [7, 11) is 0. The first kappa shape index (κ1) is 15.3. The third kappa shape index (κ3) is 2.86. The number of pyridine rings is 1. The van der Waals surface area contributed by atoms with Crippen LogP contribution in [0.25, 0.3) is 5.65 Å². The van der Waals surface area contributed by atoms with Crippen molar-refractivity contribution in [3.05, 3.63) is 59.7 Å². The number of benzene rings is 1. The molecule has 0 atom stereocenters. The van der Waals surface area contributed by atoms with Crippen molar-refractivity contribution in [2.45, 2.75) is 33.1 Å². The summed E-state index contributed by atoms with van der Waals surface area (Å²) in [6, 6.07) is 10.3. The first-order chi connectivity index (χ1) is 10.9. The first-order valence-corrected chi connectivity index (χ1v) is 7.52. The van der Waals surface area contributed by atoms with Gasteiger partial charge in [-0.25, -0.2) is 9.37 Å². The number of hydrogen-bond donors (Lipinski definition) is 0. The van der Waals surface area contributed by atoms with Crippen molar-refractivity contribution >= 4 is 17.2 Å². The molecule has 0 amide bonds. The van der Waals surface area contributed by atoms with E-state index in [-0.39, 0.29) is 11.1 Å². The van der Waals surface area contributed by atoms with Crippen molar-refractivity contribution in [3.8, 4) is 0 Å². The number of rotatable bonds is 2. The van der Waals surface area contributed by atoms with E-state index in [1.165, 1.54) is 6.07 Å². The fourth-order valence-corrected chi connectivity index (χ4v) is 2.42. The summed E-state index contributed by atoms with van der Waals surface area (Å²) < 4.78 is 15.7. The van der Waals surface area contributed by atoms with E-state index in [1.807, 2.05) is 29.7 Å². The fourth-order valence-electron chi connectivity index (χ4n) is 2.42. The Morgan fingerprint density at radius 3 is 2.48 bits per heavy atom. The predicted molar refractivity (Wildman–Crippen MR) is 89.2 cm³/mol. The van der Waals surface area contributed by atoms with Crippen molar-refractivity contribution in [3.63, 3.8) is 0 Å². The quantitative estimate of drug-likeness (QED) is 0.577. The van der Waals surface area contributed by atoms with Gasteiger partial charge in [-0.1, -0.05) is 39.0 Å². The molecule has 0 aliphatic carbocycles. The van der Waals surface area contributed by atoms with Gasteiger partial charge in [0, 0.05) is 11.6 Å². The average molecular weight is 310 g/mol. The maximum Gasteiger partial charge on any atom is 0.183 e. The second-order valence-corrected chi connectivity index (χ2v) is 6.57. The van der Waals surface area contributed by atoms with Gasteiger partial charge in [0.1, 0.15) is 11.3 Å². The molecule has 5 heteroatoms. The molecule has 0 unspecified atom stereocenters. The summed E-state index contributed by atoms with van der Waals surface area (Å²) >= 11 is 0. The SMILES string of the molecule is Cc1cccn2c(N=Nc3ccccc3F)c(C(C)(C)C)nc12. The minimum Gasteiger partial charge on any atom is -0.283 e. The van der Waals surface area contributed by atoms with Crippen LogP contribution in [0, 0.1) is 12.7 Å². The van der Waals surface area contributed by atoms with Crippen molar-refractivity contribution < 1.29 is 4.39 Å². The number of aryl methyl sites for hydroxylation is 1. The van der Waals surface area contributed by atoms with Gasteiger partial charge in [0.25, 0.3) is 0 Å². The van der Waals surface area contributed by atoms with E-state index in [0.29, 0.717) is 5.82 Å². The van der Waals surface area contributed by atoms with Gasteiger partial charge in [-0.3, -0.25) is 4.40 Å². The van der Waals surface area contributed by atoms with Gasteiger partial charge in [0.05, 0.1) is 5.69 Å². The predicted octanol–water partition coefficient (Wildman–Crippen LogP) is 5.49. The maximum atomic E-state index is 13.8. The van der Waals surface area contributed by atoms with E-state index in [2.05, 4.69) is 31.0 Å². The molecule has 0 aliphatic rings.